The Morgan fingerprint density at radius 3 is 2.32 bits per heavy atom. The molecule has 0 bridgehead atoms. The minimum atomic E-state index is -0.369. The largest absolute Gasteiger partial charge is 0.455 e. The fourth-order valence-electron chi connectivity index (χ4n) is 1.88. The highest BCUT2D eigenvalue weighted by atomic mass is 35.5. The molecule has 25 heavy (non-hydrogen) atoms. The highest BCUT2D eigenvalue weighted by molar-refractivity contribution is 8.00. The summed E-state index contributed by atoms with van der Waals surface area (Å²) < 4.78 is 10.6. The molecule has 0 aliphatic rings. The lowest BCUT2D eigenvalue weighted by Gasteiger charge is -2.02. The lowest BCUT2D eigenvalue weighted by molar-refractivity contribution is -0.142. The van der Waals surface area contributed by atoms with E-state index in [0.29, 0.717) is 15.9 Å². The zero-order valence-electron chi connectivity index (χ0n) is 12.8. The summed E-state index contributed by atoms with van der Waals surface area (Å²) in [6, 6.07) is 14.2. The molecule has 5 nitrogen and oxygen atoms in total. The van der Waals surface area contributed by atoms with Gasteiger partial charge in [0, 0.05) is 20.5 Å². The van der Waals surface area contributed by atoms with Crippen LogP contribution in [0, 0.1) is 0 Å². The van der Waals surface area contributed by atoms with E-state index in [0.717, 1.165) is 10.5 Å². The molecular weight excluding hydrogens is 383 g/mol. The average Bonchev–Trinajstić information content (AvgIpc) is 3.09. The van der Waals surface area contributed by atoms with E-state index in [1.54, 1.807) is 36.4 Å². The first-order valence-electron chi connectivity index (χ1n) is 7.22. The van der Waals surface area contributed by atoms with Crippen molar-refractivity contribution in [1.82, 2.24) is 10.2 Å². The highest BCUT2D eigenvalue weighted by Crippen LogP contribution is 2.22. The van der Waals surface area contributed by atoms with E-state index in [4.69, 9.17) is 32.4 Å². The van der Waals surface area contributed by atoms with Gasteiger partial charge in [0.2, 0.25) is 5.89 Å². The second kappa shape index (κ2) is 8.38. The van der Waals surface area contributed by atoms with E-state index < -0.39 is 0 Å². The van der Waals surface area contributed by atoms with Gasteiger partial charge in [-0.3, -0.25) is 4.79 Å². The summed E-state index contributed by atoms with van der Waals surface area (Å²) in [5.74, 6) is 0.388. The van der Waals surface area contributed by atoms with E-state index in [9.17, 15) is 4.79 Å². The predicted octanol–water partition coefficient (Wildman–Crippen LogP) is 4.88. The van der Waals surface area contributed by atoms with Crippen molar-refractivity contribution in [3.8, 4) is 11.5 Å². The van der Waals surface area contributed by atoms with E-state index in [1.165, 1.54) is 11.8 Å². The molecule has 2 aromatic carbocycles. The second-order valence-corrected chi connectivity index (χ2v) is 6.83. The maximum absolute atomic E-state index is 11.8. The van der Waals surface area contributed by atoms with Gasteiger partial charge in [0.05, 0.1) is 5.75 Å². The summed E-state index contributed by atoms with van der Waals surface area (Å²) in [6.07, 6.45) is 0. The van der Waals surface area contributed by atoms with Gasteiger partial charge in [-0.05, 0) is 48.5 Å². The van der Waals surface area contributed by atoms with Crippen molar-refractivity contribution in [3.63, 3.8) is 0 Å². The monoisotopic (exact) mass is 394 g/mol. The van der Waals surface area contributed by atoms with Crippen LogP contribution in [0.2, 0.25) is 10.0 Å². The number of nitrogens with zero attached hydrogens (tertiary/aromatic N) is 2. The number of aromatic nitrogens is 2. The molecule has 128 valence electrons. The molecule has 0 aliphatic carbocycles. The SMILES string of the molecule is O=C(CSc1ccc(Cl)cc1)OCc1nnc(-c2ccc(Cl)cc2)o1. The molecule has 0 unspecified atom stereocenters. The van der Waals surface area contributed by atoms with Crippen LogP contribution in [0.25, 0.3) is 11.5 Å². The molecule has 0 saturated heterocycles. The topological polar surface area (TPSA) is 65.2 Å². The van der Waals surface area contributed by atoms with E-state index in [1.807, 2.05) is 12.1 Å². The molecule has 1 heterocycles. The summed E-state index contributed by atoms with van der Waals surface area (Å²) in [5, 5.41) is 9.07. The molecule has 8 heteroatoms. The van der Waals surface area contributed by atoms with Crippen molar-refractivity contribution in [2.45, 2.75) is 11.5 Å². The Labute approximate surface area is 158 Å². The van der Waals surface area contributed by atoms with Crippen LogP contribution in [0.1, 0.15) is 5.89 Å². The van der Waals surface area contributed by atoms with Gasteiger partial charge in [0.15, 0.2) is 6.61 Å². The minimum absolute atomic E-state index is 0.0688. The second-order valence-electron chi connectivity index (χ2n) is 4.91. The Balaban J connectivity index is 1.49. The molecule has 0 radical (unpaired) electrons. The number of benzene rings is 2. The smallest absolute Gasteiger partial charge is 0.316 e. The zero-order valence-corrected chi connectivity index (χ0v) is 15.1. The molecule has 0 amide bonds. The van der Waals surface area contributed by atoms with Gasteiger partial charge in [0.25, 0.3) is 5.89 Å². The number of carbonyl (C=O) groups is 1. The Morgan fingerprint density at radius 2 is 1.64 bits per heavy atom. The summed E-state index contributed by atoms with van der Waals surface area (Å²) >= 11 is 13.0. The van der Waals surface area contributed by atoms with Gasteiger partial charge in [0.1, 0.15) is 0 Å². The molecule has 0 spiro atoms. The summed E-state index contributed by atoms with van der Waals surface area (Å²) in [5.41, 5.74) is 0.743. The third kappa shape index (κ3) is 5.22. The zero-order chi connectivity index (χ0) is 17.6. The van der Waals surface area contributed by atoms with Crippen molar-refractivity contribution >= 4 is 40.9 Å². The average molecular weight is 395 g/mol. The van der Waals surface area contributed by atoms with E-state index in [-0.39, 0.29) is 24.2 Å². The molecule has 1 aromatic heterocycles. The van der Waals surface area contributed by atoms with Gasteiger partial charge in [-0.1, -0.05) is 23.2 Å². The maximum Gasteiger partial charge on any atom is 0.316 e. The van der Waals surface area contributed by atoms with Crippen LogP contribution < -0.4 is 0 Å². The minimum Gasteiger partial charge on any atom is -0.455 e. The molecule has 0 atom stereocenters. The summed E-state index contributed by atoms with van der Waals surface area (Å²) in [6.45, 7) is -0.0688. The van der Waals surface area contributed by atoms with Crippen molar-refractivity contribution < 1.29 is 13.9 Å². The fraction of sp³-hybridized carbons (Fsp3) is 0.118. The van der Waals surface area contributed by atoms with Gasteiger partial charge < -0.3 is 9.15 Å². The molecule has 0 fully saturated rings. The van der Waals surface area contributed by atoms with Crippen molar-refractivity contribution in [2.75, 3.05) is 5.75 Å². The van der Waals surface area contributed by atoms with Gasteiger partial charge >= 0.3 is 5.97 Å². The quantitative estimate of drug-likeness (QED) is 0.438. The Kier molecular flexibility index (Phi) is 5.96. The number of hydrogen-bond donors (Lipinski definition) is 0. The predicted molar refractivity (Wildman–Crippen MR) is 96.7 cm³/mol. The third-order valence-corrected chi connectivity index (χ3v) is 4.57. The normalized spacial score (nSPS) is 10.6. The first-order valence-corrected chi connectivity index (χ1v) is 8.96. The third-order valence-electron chi connectivity index (χ3n) is 3.08. The number of rotatable bonds is 6. The number of halogens is 2. The Bertz CT molecular complexity index is 851. The highest BCUT2D eigenvalue weighted by Gasteiger charge is 2.11. The molecule has 3 rings (SSSR count). The molecule has 0 saturated carbocycles. The van der Waals surface area contributed by atoms with Crippen molar-refractivity contribution in [3.05, 3.63) is 64.5 Å². The van der Waals surface area contributed by atoms with Crippen LogP contribution in [-0.4, -0.2) is 21.9 Å². The fourth-order valence-corrected chi connectivity index (χ4v) is 2.83. The summed E-state index contributed by atoms with van der Waals surface area (Å²) in [7, 11) is 0. The lowest BCUT2D eigenvalue weighted by Crippen LogP contribution is -2.07. The van der Waals surface area contributed by atoms with Crippen LogP contribution in [0.5, 0.6) is 0 Å². The first-order chi connectivity index (χ1) is 12.1. The number of carbonyl (C=O) groups excluding carboxylic acids is 1. The van der Waals surface area contributed by atoms with Crippen molar-refractivity contribution in [2.24, 2.45) is 0 Å². The number of esters is 1. The van der Waals surface area contributed by atoms with Gasteiger partial charge in [-0.15, -0.1) is 22.0 Å². The van der Waals surface area contributed by atoms with E-state index in [2.05, 4.69) is 10.2 Å². The number of ether oxygens (including phenoxy) is 1. The van der Waals surface area contributed by atoms with Crippen LogP contribution in [0.15, 0.2) is 57.8 Å². The number of hydrogen-bond acceptors (Lipinski definition) is 6. The van der Waals surface area contributed by atoms with Crippen LogP contribution in [0.3, 0.4) is 0 Å². The molecule has 3 aromatic rings. The van der Waals surface area contributed by atoms with Crippen LogP contribution in [0.4, 0.5) is 0 Å². The molecule has 0 aliphatic heterocycles. The van der Waals surface area contributed by atoms with Crippen LogP contribution in [-0.2, 0) is 16.1 Å². The molecule has 0 N–H and O–H groups in total. The number of thioether (sulfide) groups is 1. The standard InChI is InChI=1S/C17H12Cl2N2O3S/c18-12-3-1-11(2-4-12)17-21-20-15(24-17)9-23-16(22)10-25-14-7-5-13(19)6-8-14/h1-8H,9-10H2. The summed E-state index contributed by atoms with van der Waals surface area (Å²) in [4.78, 5) is 12.7. The first kappa shape index (κ1) is 17.8. The van der Waals surface area contributed by atoms with Gasteiger partial charge in [-0.2, -0.15) is 0 Å². The Morgan fingerprint density at radius 1 is 1.00 bits per heavy atom. The lowest BCUT2D eigenvalue weighted by atomic mass is 10.2. The van der Waals surface area contributed by atoms with Crippen molar-refractivity contribution in [1.29, 1.82) is 0 Å². The van der Waals surface area contributed by atoms with Crippen LogP contribution >= 0.6 is 35.0 Å². The van der Waals surface area contributed by atoms with Gasteiger partial charge in [-0.25, -0.2) is 0 Å². The molecular formula is C17H12Cl2N2O3S. The van der Waals surface area contributed by atoms with E-state index >= 15 is 0 Å². The maximum atomic E-state index is 11.8. The Hall–Kier alpha value is -2.02.